The first-order chi connectivity index (χ1) is 9.93. The van der Waals surface area contributed by atoms with Crippen molar-refractivity contribution < 1.29 is 14.1 Å². The Morgan fingerprint density at radius 2 is 1.90 bits per heavy atom. The number of rotatable bonds is 4. The van der Waals surface area contributed by atoms with E-state index in [1.807, 2.05) is 6.20 Å². The number of aryl methyl sites for hydroxylation is 3. The van der Waals surface area contributed by atoms with Crippen LogP contribution in [0, 0.1) is 20.8 Å². The fraction of sp³-hybridized carbons (Fsp3) is 0.375. The molecule has 2 rings (SSSR count). The molecule has 0 bridgehead atoms. The summed E-state index contributed by atoms with van der Waals surface area (Å²) in [5.74, 6) is 0.148. The molecule has 2 aromatic rings. The van der Waals surface area contributed by atoms with E-state index in [4.69, 9.17) is 10.5 Å². The first-order valence-corrected chi connectivity index (χ1v) is 7.04. The van der Waals surface area contributed by atoms with Gasteiger partial charge in [-0.25, -0.2) is 14.3 Å². The summed E-state index contributed by atoms with van der Waals surface area (Å²) in [6, 6.07) is 4.25. The molecule has 0 fully saturated rings. The van der Waals surface area contributed by atoms with Crippen LogP contribution in [0.2, 0.25) is 0 Å². The molecule has 0 amide bonds. The van der Waals surface area contributed by atoms with Crippen LogP contribution in [0.5, 0.6) is 0 Å². The monoisotopic (exact) mass is 288 g/mol. The number of hydrogen-bond acceptors (Lipinski definition) is 3. The molecule has 0 unspecified atom stereocenters. The summed E-state index contributed by atoms with van der Waals surface area (Å²) in [6.45, 7) is 8.45. The van der Waals surface area contributed by atoms with Gasteiger partial charge in [0.2, 0.25) is 0 Å². The number of carbonyl (C=O) groups excluding carboxylic acids is 1. The molecule has 0 spiro atoms. The molecule has 5 heteroatoms. The molecular formula is C16H22N3O2+. The number of anilines is 1. The van der Waals surface area contributed by atoms with E-state index in [0.29, 0.717) is 12.6 Å². The van der Waals surface area contributed by atoms with E-state index in [1.54, 1.807) is 11.5 Å². The second-order valence-corrected chi connectivity index (χ2v) is 5.22. The van der Waals surface area contributed by atoms with Crippen LogP contribution in [0.15, 0.2) is 18.3 Å². The Kier molecular flexibility index (Phi) is 4.31. The van der Waals surface area contributed by atoms with Crippen molar-refractivity contribution >= 4 is 11.9 Å². The fourth-order valence-electron chi connectivity index (χ4n) is 2.73. The van der Waals surface area contributed by atoms with Crippen LogP contribution in [0.3, 0.4) is 0 Å². The van der Waals surface area contributed by atoms with Crippen LogP contribution in [-0.2, 0) is 16.1 Å². The third-order valence-corrected chi connectivity index (χ3v) is 3.46. The first kappa shape index (κ1) is 15.1. The lowest BCUT2D eigenvalue weighted by atomic mass is 9.97. The van der Waals surface area contributed by atoms with Gasteiger partial charge in [-0.2, -0.15) is 0 Å². The summed E-state index contributed by atoms with van der Waals surface area (Å²) in [7, 11) is 0. The number of carbonyl (C=O) groups is 1. The first-order valence-electron chi connectivity index (χ1n) is 7.04. The number of nitrogens with two attached hydrogens (primary N) is 1. The lowest BCUT2D eigenvalue weighted by Crippen LogP contribution is -2.41. The number of aromatic nitrogens is 2. The Bertz CT molecular complexity index is 651. The van der Waals surface area contributed by atoms with Crippen molar-refractivity contribution in [3.8, 4) is 11.3 Å². The molecule has 1 aromatic heterocycles. The number of benzene rings is 1. The lowest BCUT2D eigenvalue weighted by molar-refractivity contribution is -0.659. The maximum absolute atomic E-state index is 11.8. The average molecular weight is 288 g/mol. The Morgan fingerprint density at radius 3 is 2.48 bits per heavy atom. The highest BCUT2D eigenvalue weighted by molar-refractivity contribution is 5.69. The minimum absolute atomic E-state index is 0.102. The molecule has 0 aliphatic carbocycles. The number of H-pyrrole nitrogens is 1. The molecule has 5 nitrogen and oxygen atoms in total. The van der Waals surface area contributed by atoms with Crippen molar-refractivity contribution in [2.45, 2.75) is 34.2 Å². The van der Waals surface area contributed by atoms with Crippen molar-refractivity contribution in [1.29, 1.82) is 0 Å². The SMILES string of the molecule is CCOC(=O)C[n+]1c(-c2c(C)cc(C)cc2C)c[nH]c1N. The number of esters is 1. The van der Waals surface area contributed by atoms with E-state index < -0.39 is 0 Å². The van der Waals surface area contributed by atoms with Crippen LogP contribution in [0.1, 0.15) is 23.6 Å². The van der Waals surface area contributed by atoms with Gasteiger partial charge in [-0.3, -0.25) is 5.73 Å². The molecule has 0 aliphatic rings. The summed E-state index contributed by atoms with van der Waals surface area (Å²) in [6.07, 6.45) is 1.83. The molecule has 21 heavy (non-hydrogen) atoms. The molecule has 0 saturated carbocycles. The van der Waals surface area contributed by atoms with Crippen molar-refractivity contribution in [2.24, 2.45) is 0 Å². The van der Waals surface area contributed by atoms with E-state index in [0.717, 1.165) is 22.4 Å². The number of imidazole rings is 1. The number of hydrogen-bond donors (Lipinski definition) is 2. The fourth-order valence-corrected chi connectivity index (χ4v) is 2.73. The second-order valence-electron chi connectivity index (χ2n) is 5.22. The summed E-state index contributed by atoms with van der Waals surface area (Å²) in [5.41, 5.74) is 11.5. The number of nitrogens with zero attached hydrogens (tertiary/aromatic N) is 1. The van der Waals surface area contributed by atoms with Crippen LogP contribution in [0.25, 0.3) is 11.3 Å². The molecular weight excluding hydrogens is 266 g/mol. The van der Waals surface area contributed by atoms with E-state index in [-0.39, 0.29) is 12.5 Å². The minimum atomic E-state index is -0.294. The number of nitrogens with one attached hydrogen (secondary N) is 1. The predicted octanol–water partition coefficient (Wildman–Crippen LogP) is 2.04. The van der Waals surface area contributed by atoms with Crippen molar-refractivity contribution in [1.82, 2.24) is 4.98 Å². The molecule has 1 heterocycles. The topological polar surface area (TPSA) is 72.0 Å². The Morgan fingerprint density at radius 1 is 1.29 bits per heavy atom. The van der Waals surface area contributed by atoms with Gasteiger partial charge in [-0.15, -0.1) is 0 Å². The molecule has 0 aliphatic heterocycles. The normalized spacial score (nSPS) is 10.7. The third kappa shape index (κ3) is 3.07. The van der Waals surface area contributed by atoms with E-state index in [9.17, 15) is 4.79 Å². The highest BCUT2D eigenvalue weighted by atomic mass is 16.5. The molecule has 3 N–H and O–H groups in total. The zero-order valence-electron chi connectivity index (χ0n) is 13.0. The molecule has 1 aromatic carbocycles. The molecule has 0 atom stereocenters. The number of aromatic amines is 1. The van der Waals surface area contributed by atoms with Crippen LogP contribution in [-0.4, -0.2) is 17.6 Å². The molecule has 0 saturated heterocycles. The van der Waals surface area contributed by atoms with E-state index in [1.165, 1.54) is 5.56 Å². The van der Waals surface area contributed by atoms with Crippen LogP contribution >= 0.6 is 0 Å². The van der Waals surface area contributed by atoms with E-state index in [2.05, 4.69) is 37.9 Å². The molecule has 112 valence electrons. The van der Waals surface area contributed by atoms with Gasteiger partial charge >= 0.3 is 11.9 Å². The highest BCUT2D eigenvalue weighted by Gasteiger charge is 2.21. The number of nitrogen functional groups attached to an aromatic ring is 1. The standard InChI is InChI=1S/C16H21N3O2/c1-5-21-14(20)9-19-13(8-18-16(19)17)15-11(3)6-10(2)7-12(15)4/h6-8H,5,9H2,1-4H3,(H2,17,18)/p+1. The van der Waals surface area contributed by atoms with Gasteiger partial charge in [0.1, 0.15) is 11.9 Å². The maximum atomic E-state index is 11.8. The maximum Gasteiger partial charge on any atom is 0.353 e. The van der Waals surface area contributed by atoms with Crippen molar-refractivity contribution in [3.63, 3.8) is 0 Å². The zero-order valence-corrected chi connectivity index (χ0v) is 13.0. The average Bonchev–Trinajstić information content (AvgIpc) is 2.71. The van der Waals surface area contributed by atoms with Crippen LogP contribution < -0.4 is 10.3 Å². The highest BCUT2D eigenvalue weighted by Crippen LogP contribution is 2.26. The van der Waals surface area contributed by atoms with Gasteiger partial charge in [0.15, 0.2) is 6.54 Å². The Hall–Kier alpha value is -2.30. The van der Waals surface area contributed by atoms with Gasteiger partial charge in [0.25, 0.3) is 0 Å². The largest absolute Gasteiger partial charge is 0.464 e. The Labute approximate surface area is 124 Å². The lowest BCUT2D eigenvalue weighted by Gasteiger charge is -2.11. The van der Waals surface area contributed by atoms with Gasteiger partial charge in [0.05, 0.1) is 6.61 Å². The predicted molar refractivity (Wildman–Crippen MR) is 81.7 cm³/mol. The molecule has 0 radical (unpaired) electrons. The van der Waals surface area contributed by atoms with Crippen molar-refractivity contribution in [3.05, 3.63) is 35.0 Å². The zero-order chi connectivity index (χ0) is 15.6. The van der Waals surface area contributed by atoms with Gasteiger partial charge in [0, 0.05) is 5.56 Å². The Balaban J connectivity index is 2.49. The second kappa shape index (κ2) is 5.99. The van der Waals surface area contributed by atoms with Gasteiger partial charge in [-0.1, -0.05) is 17.7 Å². The summed E-state index contributed by atoms with van der Waals surface area (Å²) < 4.78 is 6.76. The van der Waals surface area contributed by atoms with Crippen molar-refractivity contribution in [2.75, 3.05) is 12.3 Å². The number of ether oxygens (including phenoxy) is 1. The minimum Gasteiger partial charge on any atom is -0.464 e. The van der Waals surface area contributed by atoms with Gasteiger partial charge in [-0.05, 0) is 38.8 Å². The van der Waals surface area contributed by atoms with E-state index >= 15 is 0 Å². The summed E-state index contributed by atoms with van der Waals surface area (Å²) in [5, 5.41) is 0. The third-order valence-electron chi connectivity index (χ3n) is 3.46. The quantitative estimate of drug-likeness (QED) is 0.668. The summed E-state index contributed by atoms with van der Waals surface area (Å²) >= 11 is 0. The summed E-state index contributed by atoms with van der Waals surface area (Å²) in [4.78, 5) is 14.7. The van der Waals surface area contributed by atoms with Crippen LogP contribution in [0.4, 0.5) is 5.95 Å². The smallest absolute Gasteiger partial charge is 0.353 e. The van der Waals surface area contributed by atoms with Gasteiger partial charge < -0.3 is 4.74 Å².